The van der Waals surface area contributed by atoms with E-state index in [1.807, 2.05) is 48.5 Å². The summed E-state index contributed by atoms with van der Waals surface area (Å²) in [6, 6.07) is 15.5. The number of nitrogens with one attached hydrogen (secondary N) is 1. The van der Waals surface area contributed by atoms with Crippen molar-refractivity contribution in [1.82, 2.24) is 9.55 Å². The van der Waals surface area contributed by atoms with Gasteiger partial charge in [0.2, 0.25) is 0 Å². The van der Waals surface area contributed by atoms with Crippen molar-refractivity contribution in [3.63, 3.8) is 0 Å². The molecule has 1 heterocycles. The fraction of sp³-hybridized carbons (Fsp3) is 0.133. The van der Waals surface area contributed by atoms with E-state index < -0.39 is 0 Å². The summed E-state index contributed by atoms with van der Waals surface area (Å²) < 4.78 is 6.88. The number of benzene rings is 2. The number of hydrogen-bond donors (Lipinski definition) is 1. The first-order valence-corrected chi connectivity index (χ1v) is 6.08. The van der Waals surface area contributed by atoms with Crippen molar-refractivity contribution >= 4 is 11.0 Å². The van der Waals surface area contributed by atoms with Gasteiger partial charge in [-0.25, -0.2) is 4.79 Å². The lowest BCUT2D eigenvalue weighted by Crippen LogP contribution is -2.17. The molecular weight excluding hydrogens is 240 g/mol. The third kappa shape index (κ3) is 2.12. The Morgan fingerprint density at radius 2 is 1.95 bits per heavy atom. The number of fused-ring (bicyclic) bond motifs is 1. The maximum absolute atomic E-state index is 12.0. The van der Waals surface area contributed by atoms with Crippen LogP contribution in [-0.4, -0.2) is 16.7 Å². The number of aromatic nitrogens is 2. The summed E-state index contributed by atoms with van der Waals surface area (Å²) in [4.78, 5) is 14.9. The molecule has 0 unspecified atom stereocenters. The van der Waals surface area contributed by atoms with E-state index in [-0.39, 0.29) is 5.69 Å². The zero-order valence-corrected chi connectivity index (χ0v) is 10.6. The second kappa shape index (κ2) is 4.65. The summed E-state index contributed by atoms with van der Waals surface area (Å²) >= 11 is 0. The summed E-state index contributed by atoms with van der Waals surface area (Å²) in [5.41, 5.74) is 2.67. The number of methoxy groups -OCH3 is 1. The predicted octanol–water partition coefficient (Wildman–Crippen LogP) is 2.39. The molecule has 1 N–H and O–H groups in total. The van der Waals surface area contributed by atoms with Crippen LogP contribution < -0.4 is 10.4 Å². The number of H-pyrrole nitrogens is 1. The average molecular weight is 254 g/mol. The SMILES string of the molecule is COc1ccc2c(c1)[nH]c(=O)n2Cc1ccccc1. The Morgan fingerprint density at radius 3 is 2.68 bits per heavy atom. The summed E-state index contributed by atoms with van der Waals surface area (Å²) in [7, 11) is 1.61. The third-order valence-corrected chi connectivity index (χ3v) is 3.16. The molecule has 0 radical (unpaired) electrons. The Hall–Kier alpha value is -2.49. The number of imidazole rings is 1. The Balaban J connectivity index is 2.09. The maximum Gasteiger partial charge on any atom is 0.326 e. The van der Waals surface area contributed by atoms with Gasteiger partial charge < -0.3 is 9.72 Å². The van der Waals surface area contributed by atoms with Gasteiger partial charge in [0.25, 0.3) is 0 Å². The molecule has 4 nitrogen and oxygen atoms in total. The first-order valence-electron chi connectivity index (χ1n) is 6.08. The van der Waals surface area contributed by atoms with E-state index in [0.717, 1.165) is 22.3 Å². The molecule has 3 rings (SSSR count). The van der Waals surface area contributed by atoms with E-state index in [1.54, 1.807) is 11.7 Å². The van der Waals surface area contributed by atoms with Crippen molar-refractivity contribution in [3.8, 4) is 5.75 Å². The van der Waals surface area contributed by atoms with Crippen LogP contribution in [0.4, 0.5) is 0 Å². The Bertz CT molecular complexity index is 757. The van der Waals surface area contributed by atoms with Crippen LogP contribution >= 0.6 is 0 Å². The van der Waals surface area contributed by atoms with Gasteiger partial charge in [-0.3, -0.25) is 4.57 Å². The van der Waals surface area contributed by atoms with Gasteiger partial charge >= 0.3 is 5.69 Å². The van der Waals surface area contributed by atoms with Gasteiger partial charge in [-0.05, 0) is 17.7 Å². The quantitative estimate of drug-likeness (QED) is 0.780. The standard InChI is InChI=1S/C15H14N2O2/c1-19-12-7-8-14-13(9-12)16-15(18)17(14)10-11-5-3-2-4-6-11/h2-9H,10H2,1H3,(H,16,18). The van der Waals surface area contributed by atoms with Gasteiger partial charge in [0.05, 0.1) is 24.7 Å². The maximum atomic E-state index is 12.0. The summed E-state index contributed by atoms with van der Waals surface area (Å²) in [5, 5.41) is 0. The highest BCUT2D eigenvalue weighted by Gasteiger charge is 2.07. The largest absolute Gasteiger partial charge is 0.497 e. The second-order valence-electron chi connectivity index (χ2n) is 4.38. The summed E-state index contributed by atoms with van der Waals surface area (Å²) in [6.45, 7) is 0.562. The summed E-state index contributed by atoms with van der Waals surface area (Å²) in [6.07, 6.45) is 0. The number of aromatic amines is 1. The Kier molecular flexibility index (Phi) is 2.83. The molecule has 19 heavy (non-hydrogen) atoms. The minimum Gasteiger partial charge on any atom is -0.497 e. The third-order valence-electron chi connectivity index (χ3n) is 3.16. The minimum absolute atomic E-state index is 0.105. The molecule has 4 heteroatoms. The van der Waals surface area contributed by atoms with E-state index in [2.05, 4.69) is 4.98 Å². The molecule has 0 fully saturated rings. The molecule has 0 saturated carbocycles. The molecule has 3 aromatic rings. The van der Waals surface area contributed by atoms with Crippen LogP contribution in [0.15, 0.2) is 53.3 Å². The van der Waals surface area contributed by atoms with Crippen LogP contribution in [-0.2, 0) is 6.54 Å². The minimum atomic E-state index is -0.105. The highest BCUT2D eigenvalue weighted by atomic mass is 16.5. The highest BCUT2D eigenvalue weighted by molar-refractivity contribution is 5.77. The molecule has 2 aromatic carbocycles. The normalized spacial score (nSPS) is 10.8. The van der Waals surface area contributed by atoms with Crippen molar-refractivity contribution in [1.29, 1.82) is 0 Å². The van der Waals surface area contributed by atoms with Crippen LogP contribution in [0.25, 0.3) is 11.0 Å². The fourth-order valence-electron chi connectivity index (χ4n) is 2.19. The van der Waals surface area contributed by atoms with Crippen molar-refractivity contribution in [2.75, 3.05) is 7.11 Å². The number of rotatable bonds is 3. The molecule has 0 aliphatic carbocycles. The van der Waals surface area contributed by atoms with Crippen LogP contribution in [0.1, 0.15) is 5.56 Å². The molecular formula is C15H14N2O2. The number of nitrogens with zero attached hydrogens (tertiary/aromatic N) is 1. The van der Waals surface area contributed by atoms with Gasteiger partial charge in [-0.15, -0.1) is 0 Å². The van der Waals surface area contributed by atoms with E-state index in [0.29, 0.717) is 6.54 Å². The monoisotopic (exact) mass is 254 g/mol. The van der Waals surface area contributed by atoms with Gasteiger partial charge in [-0.1, -0.05) is 30.3 Å². The van der Waals surface area contributed by atoms with Crippen LogP contribution in [0.3, 0.4) is 0 Å². The lowest BCUT2D eigenvalue weighted by molar-refractivity contribution is 0.415. The first-order chi connectivity index (χ1) is 9.28. The summed E-state index contributed by atoms with van der Waals surface area (Å²) in [5.74, 6) is 0.737. The number of hydrogen-bond acceptors (Lipinski definition) is 2. The molecule has 0 bridgehead atoms. The van der Waals surface area contributed by atoms with Gasteiger partial charge in [0, 0.05) is 6.07 Å². The van der Waals surface area contributed by atoms with E-state index in [1.165, 1.54) is 0 Å². The smallest absolute Gasteiger partial charge is 0.326 e. The van der Waals surface area contributed by atoms with Gasteiger partial charge in [0.1, 0.15) is 5.75 Å². The predicted molar refractivity (Wildman–Crippen MR) is 74.7 cm³/mol. The zero-order valence-electron chi connectivity index (χ0n) is 10.6. The lowest BCUT2D eigenvalue weighted by atomic mass is 10.2. The van der Waals surface area contributed by atoms with Crippen molar-refractivity contribution in [3.05, 3.63) is 64.6 Å². The second-order valence-corrected chi connectivity index (χ2v) is 4.38. The van der Waals surface area contributed by atoms with Crippen LogP contribution in [0.5, 0.6) is 5.75 Å². The van der Waals surface area contributed by atoms with Crippen molar-refractivity contribution in [2.45, 2.75) is 6.54 Å². The number of ether oxygens (including phenoxy) is 1. The highest BCUT2D eigenvalue weighted by Crippen LogP contribution is 2.18. The topological polar surface area (TPSA) is 47.0 Å². The molecule has 0 aliphatic rings. The van der Waals surface area contributed by atoms with Crippen molar-refractivity contribution < 1.29 is 4.74 Å². The fourth-order valence-corrected chi connectivity index (χ4v) is 2.19. The first kappa shape index (κ1) is 11.6. The van der Waals surface area contributed by atoms with Gasteiger partial charge in [0.15, 0.2) is 0 Å². The van der Waals surface area contributed by atoms with Crippen LogP contribution in [0, 0.1) is 0 Å². The molecule has 0 atom stereocenters. The molecule has 0 amide bonds. The van der Waals surface area contributed by atoms with Crippen LogP contribution in [0.2, 0.25) is 0 Å². The molecule has 96 valence electrons. The lowest BCUT2D eigenvalue weighted by Gasteiger charge is -2.04. The molecule has 1 aromatic heterocycles. The van der Waals surface area contributed by atoms with Gasteiger partial charge in [-0.2, -0.15) is 0 Å². The van der Waals surface area contributed by atoms with E-state index in [4.69, 9.17) is 4.74 Å². The average Bonchev–Trinajstić information content (AvgIpc) is 2.75. The molecule has 0 spiro atoms. The Labute approximate surface area is 110 Å². The van der Waals surface area contributed by atoms with Crippen molar-refractivity contribution in [2.24, 2.45) is 0 Å². The Morgan fingerprint density at radius 1 is 1.16 bits per heavy atom. The van der Waals surface area contributed by atoms with E-state index >= 15 is 0 Å². The zero-order chi connectivity index (χ0) is 13.2. The molecule has 0 aliphatic heterocycles. The van der Waals surface area contributed by atoms with E-state index in [9.17, 15) is 4.79 Å². The molecule has 0 saturated heterocycles.